The van der Waals surface area contributed by atoms with E-state index in [1.807, 2.05) is 0 Å². The molecular formula is C19H22BrFO5S. The number of hydrogen-bond donors (Lipinski definition) is 0. The van der Waals surface area contributed by atoms with Crippen molar-refractivity contribution >= 4 is 49.1 Å². The lowest BCUT2D eigenvalue weighted by Gasteiger charge is -2.12. The highest BCUT2D eigenvalue weighted by Gasteiger charge is 2.23. The number of ether oxygens (including phenoxy) is 3. The number of esters is 1. The first kappa shape index (κ1) is 21.6. The minimum atomic E-state index is -0.555. The van der Waals surface area contributed by atoms with E-state index in [1.165, 1.54) is 31.6 Å². The Bertz CT molecular complexity index is 820. The van der Waals surface area contributed by atoms with E-state index in [2.05, 4.69) is 20.7 Å². The molecule has 0 saturated carbocycles. The van der Waals surface area contributed by atoms with E-state index in [9.17, 15) is 14.0 Å². The molecule has 27 heavy (non-hydrogen) atoms. The van der Waals surface area contributed by atoms with Gasteiger partial charge < -0.3 is 14.2 Å². The highest BCUT2D eigenvalue weighted by molar-refractivity contribution is 9.09. The fraction of sp³-hybridized carbons (Fsp3) is 0.474. The van der Waals surface area contributed by atoms with E-state index < -0.39 is 17.7 Å². The summed E-state index contributed by atoms with van der Waals surface area (Å²) in [5.74, 6) is -1.43. The Hall–Kier alpha value is -1.67. The third kappa shape index (κ3) is 5.19. The van der Waals surface area contributed by atoms with Gasteiger partial charge in [0.25, 0.3) is 0 Å². The summed E-state index contributed by atoms with van der Waals surface area (Å²) in [5, 5.41) is 1.17. The van der Waals surface area contributed by atoms with Crippen molar-refractivity contribution in [2.24, 2.45) is 5.92 Å². The summed E-state index contributed by atoms with van der Waals surface area (Å²) in [7, 11) is 2.73. The van der Waals surface area contributed by atoms with Crippen LogP contribution in [0.25, 0.3) is 10.1 Å². The number of Topliss-reactive ketones (excluding diaryl/α,β-unsaturated/α-hetero) is 1. The number of fused-ring (bicyclic) bond motifs is 1. The molecule has 0 amide bonds. The van der Waals surface area contributed by atoms with E-state index in [0.717, 1.165) is 18.2 Å². The highest BCUT2D eigenvalue weighted by Crippen LogP contribution is 2.40. The third-order valence-corrected chi connectivity index (χ3v) is 5.73. The molecule has 0 saturated heterocycles. The minimum Gasteiger partial charge on any atom is -0.493 e. The number of alkyl halides is 1. The summed E-state index contributed by atoms with van der Waals surface area (Å²) in [6, 6.07) is 3.18. The Balaban J connectivity index is 2.28. The van der Waals surface area contributed by atoms with Crippen LogP contribution in [0.1, 0.15) is 35.9 Å². The van der Waals surface area contributed by atoms with Crippen LogP contribution in [-0.4, -0.2) is 37.9 Å². The average Bonchev–Trinajstić information content (AvgIpc) is 3.10. The first-order valence-electron chi connectivity index (χ1n) is 8.52. The van der Waals surface area contributed by atoms with E-state index in [4.69, 9.17) is 9.47 Å². The van der Waals surface area contributed by atoms with Gasteiger partial charge in [0.05, 0.1) is 31.6 Å². The van der Waals surface area contributed by atoms with Gasteiger partial charge in [0.1, 0.15) is 0 Å². The molecule has 0 radical (unpaired) electrons. The number of thiophene rings is 1. The molecule has 1 heterocycles. The van der Waals surface area contributed by atoms with Gasteiger partial charge in [-0.15, -0.1) is 11.3 Å². The second-order valence-corrected chi connectivity index (χ2v) is 7.92. The Kier molecular flexibility index (Phi) is 8.04. The van der Waals surface area contributed by atoms with Gasteiger partial charge in [0.15, 0.2) is 23.1 Å². The summed E-state index contributed by atoms with van der Waals surface area (Å²) < 4.78 is 31.0. The standard InChI is InChI=1S/C19H22BrFO5S/c1-11(19(23)25-3)8-13(22)16-9-12-15(27-16)10-14(24-2)18(17(12)21)26-7-5-4-6-20/h9-11H,4-8H2,1-3H3/t11-/m0/s1. The maximum absolute atomic E-state index is 15.0. The fourth-order valence-corrected chi connectivity index (χ4v) is 3.99. The van der Waals surface area contributed by atoms with Crippen LogP contribution in [0.15, 0.2) is 12.1 Å². The zero-order chi connectivity index (χ0) is 20.0. The molecular weight excluding hydrogens is 439 g/mol. The summed E-state index contributed by atoms with van der Waals surface area (Å²) in [6.45, 7) is 2.00. The Morgan fingerprint density at radius 2 is 2.00 bits per heavy atom. The maximum atomic E-state index is 15.0. The molecule has 1 atom stereocenters. The molecule has 1 aromatic heterocycles. The molecule has 0 N–H and O–H groups in total. The van der Waals surface area contributed by atoms with Crippen LogP contribution in [0.5, 0.6) is 11.5 Å². The molecule has 2 rings (SSSR count). The molecule has 1 aromatic carbocycles. The van der Waals surface area contributed by atoms with E-state index >= 15 is 0 Å². The Morgan fingerprint density at radius 1 is 1.26 bits per heavy atom. The first-order valence-corrected chi connectivity index (χ1v) is 10.5. The molecule has 0 aliphatic rings. The van der Waals surface area contributed by atoms with Crippen molar-refractivity contribution in [2.75, 3.05) is 26.2 Å². The zero-order valence-corrected chi connectivity index (χ0v) is 17.9. The van der Waals surface area contributed by atoms with E-state index in [-0.39, 0.29) is 18.0 Å². The van der Waals surface area contributed by atoms with Gasteiger partial charge >= 0.3 is 5.97 Å². The van der Waals surface area contributed by atoms with Gasteiger partial charge in [0, 0.05) is 27.9 Å². The second kappa shape index (κ2) is 10.0. The first-order chi connectivity index (χ1) is 12.9. The number of methoxy groups -OCH3 is 2. The Morgan fingerprint density at radius 3 is 2.63 bits per heavy atom. The van der Waals surface area contributed by atoms with Crippen molar-refractivity contribution in [2.45, 2.75) is 26.2 Å². The SMILES string of the molecule is COC(=O)[C@@H](C)CC(=O)c1cc2c(F)c(OCCCCBr)c(OC)cc2s1. The third-order valence-electron chi connectivity index (χ3n) is 4.05. The van der Waals surface area contributed by atoms with Crippen LogP contribution in [0.2, 0.25) is 0 Å². The number of halogens is 2. The largest absolute Gasteiger partial charge is 0.493 e. The lowest BCUT2D eigenvalue weighted by atomic mass is 10.0. The van der Waals surface area contributed by atoms with Crippen molar-refractivity contribution < 1.29 is 28.2 Å². The number of benzene rings is 1. The lowest BCUT2D eigenvalue weighted by molar-refractivity contribution is -0.144. The molecule has 0 spiro atoms. The molecule has 0 unspecified atom stereocenters. The van der Waals surface area contributed by atoms with E-state index in [1.54, 1.807) is 13.0 Å². The van der Waals surface area contributed by atoms with Gasteiger partial charge in [-0.25, -0.2) is 4.39 Å². The quantitative estimate of drug-likeness (QED) is 0.216. The van der Waals surface area contributed by atoms with Crippen molar-refractivity contribution in [3.8, 4) is 11.5 Å². The number of rotatable bonds is 10. The van der Waals surface area contributed by atoms with E-state index in [0.29, 0.717) is 27.3 Å². The van der Waals surface area contributed by atoms with Gasteiger partial charge in [-0.3, -0.25) is 9.59 Å². The average molecular weight is 461 g/mol. The van der Waals surface area contributed by atoms with Crippen molar-refractivity contribution in [1.82, 2.24) is 0 Å². The van der Waals surface area contributed by atoms with Crippen LogP contribution in [0, 0.1) is 11.7 Å². The van der Waals surface area contributed by atoms with Crippen molar-refractivity contribution in [1.29, 1.82) is 0 Å². The van der Waals surface area contributed by atoms with Gasteiger partial charge in [-0.2, -0.15) is 0 Å². The monoisotopic (exact) mass is 460 g/mol. The molecule has 2 aromatic rings. The number of hydrogen-bond acceptors (Lipinski definition) is 6. The fourth-order valence-electron chi connectivity index (χ4n) is 2.56. The number of carbonyl (C=O) groups excluding carboxylic acids is 2. The van der Waals surface area contributed by atoms with Gasteiger partial charge in [-0.1, -0.05) is 22.9 Å². The number of carbonyl (C=O) groups is 2. The van der Waals surface area contributed by atoms with Crippen LogP contribution in [-0.2, 0) is 9.53 Å². The minimum absolute atomic E-state index is 0.00809. The summed E-state index contributed by atoms with van der Waals surface area (Å²) in [5.41, 5.74) is 0. The van der Waals surface area contributed by atoms with Crippen LogP contribution in [0.4, 0.5) is 4.39 Å². The highest BCUT2D eigenvalue weighted by atomic mass is 79.9. The molecule has 148 valence electrons. The molecule has 0 aliphatic carbocycles. The predicted octanol–water partition coefficient (Wildman–Crippen LogP) is 4.98. The second-order valence-electron chi connectivity index (χ2n) is 6.04. The predicted molar refractivity (Wildman–Crippen MR) is 107 cm³/mol. The molecule has 5 nitrogen and oxygen atoms in total. The van der Waals surface area contributed by atoms with Crippen molar-refractivity contribution in [3.63, 3.8) is 0 Å². The molecule has 0 bridgehead atoms. The smallest absolute Gasteiger partial charge is 0.308 e. The van der Waals surface area contributed by atoms with Gasteiger partial charge in [0.2, 0.25) is 0 Å². The molecule has 0 aliphatic heterocycles. The van der Waals surface area contributed by atoms with Gasteiger partial charge in [-0.05, 0) is 18.9 Å². The summed E-state index contributed by atoms with van der Waals surface area (Å²) >= 11 is 4.51. The number of unbranched alkanes of at least 4 members (excludes halogenated alkanes) is 1. The van der Waals surface area contributed by atoms with Crippen LogP contribution in [0.3, 0.4) is 0 Å². The molecule has 8 heteroatoms. The van der Waals surface area contributed by atoms with Crippen LogP contribution < -0.4 is 9.47 Å². The number of ketones is 1. The summed E-state index contributed by atoms with van der Waals surface area (Å²) in [4.78, 5) is 24.4. The molecule has 0 fully saturated rings. The van der Waals surface area contributed by atoms with Crippen molar-refractivity contribution in [3.05, 3.63) is 22.8 Å². The summed E-state index contributed by atoms with van der Waals surface area (Å²) in [6.07, 6.45) is 1.71. The Labute approximate surface area is 169 Å². The normalized spacial score (nSPS) is 12.0. The zero-order valence-electron chi connectivity index (χ0n) is 15.5. The van der Waals surface area contributed by atoms with Crippen LogP contribution >= 0.6 is 27.3 Å². The topological polar surface area (TPSA) is 61.8 Å². The lowest BCUT2D eigenvalue weighted by Crippen LogP contribution is -2.16. The maximum Gasteiger partial charge on any atom is 0.308 e.